The van der Waals surface area contributed by atoms with E-state index in [2.05, 4.69) is 10.1 Å². The van der Waals surface area contributed by atoms with Crippen molar-refractivity contribution < 1.29 is 9.26 Å². The van der Waals surface area contributed by atoms with Crippen molar-refractivity contribution in [3.8, 4) is 11.5 Å². The molecule has 1 aliphatic rings. The molecule has 0 saturated heterocycles. The van der Waals surface area contributed by atoms with Crippen LogP contribution >= 0.6 is 11.6 Å². The highest BCUT2D eigenvalue weighted by Crippen LogP contribution is 2.28. The zero-order chi connectivity index (χ0) is 14.8. The van der Waals surface area contributed by atoms with Gasteiger partial charge in [0, 0.05) is 0 Å². The van der Waals surface area contributed by atoms with Crippen LogP contribution in [0.15, 0.2) is 22.7 Å². The summed E-state index contributed by atoms with van der Waals surface area (Å²) in [5.74, 6) is 0.829. The van der Waals surface area contributed by atoms with Crippen LogP contribution in [0.2, 0.25) is 5.02 Å². The highest BCUT2D eigenvalue weighted by atomic mass is 35.5. The van der Waals surface area contributed by atoms with Gasteiger partial charge in [0.1, 0.15) is 0 Å². The van der Waals surface area contributed by atoms with Crippen LogP contribution in [0, 0.1) is 6.92 Å². The molecule has 1 aromatic heterocycles. The third-order valence-corrected chi connectivity index (χ3v) is 4.00. The Hall–Kier alpha value is -1.43. The van der Waals surface area contributed by atoms with Gasteiger partial charge in [-0.1, -0.05) is 22.8 Å². The lowest BCUT2D eigenvalue weighted by atomic mass is 9.96. The van der Waals surface area contributed by atoms with E-state index >= 15 is 0 Å². The fourth-order valence-corrected chi connectivity index (χ4v) is 2.46. The molecule has 0 spiro atoms. The minimum atomic E-state index is -0.382. The Labute approximate surface area is 128 Å². The summed E-state index contributed by atoms with van der Waals surface area (Å²) in [6, 6.07) is 5.29. The molecular weight excluding hydrogens is 290 g/mol. The first-order valence-electron chi connectivity index (χ1n) is 7.11. The second kappa shape index (κ2) is 6.13. The third-order valence-electron chi connectivity index (χ3n) is 3.69. The van der Waals surface area contributed by atoms with Crippen LogP contribution in [0.3, 0.4) is 0 Å². The number of halogens is 1. The summed E-state index contributed by atoms with van der Waals surface area (Å²) in [5, 5.41) is 4.52. The van der Waals surface area contributed by atoms with Gasteiger partial charge in [0.2, 0.25) is 0 Å². The maximum atomic E-state index is 6.20. The normalized spacial score (nSPS) is 16.7. The van der Waals surface area contributed by atoms with Crippen molar-refractivity contribution in [2.24, 2.45) is 5.73 Å². The molecule has 1 heterocycles. The molecule has 0 aliphatic heterocycles. The summed E-state index contributed by atoms with van der Waals surface area (Å²) in [6.45, 7) is 2.38. The van der Waals surface area contributed by atoms with Gasteiger partial charge in [0.25, 0.3) is 5.89 Å². The minimum absolute atomic E-state index is 0.342. The second-order valence-electron chi connectivity index (χ2n) is 5.43. The van der Waals surface area contributed by atoms with Gasteiger partial charge in [0.15, 0.2) is 5.82 Å². The van der Waals surface area contributed by atoms with Crippen molar-refractivity contribution in [2.45, 2.75) is 38.3 Å². The first-order chi connectivity index (χ1) is 10.1. The van der Waals surface area contributed by atoms with Gasteiger partial charge in [-0.15, -0.1) is 0 Å². The lowest BCUT2D eigenvalue weighted by molar-refractivity contribution is -0.00549. The lowest BCUT2D eigenvalue weighted by Crippen LogP contribution is -2.27. The van der Waals surface area contributed by atoms with E-state index in [0.717, 1.165) is 18.4 Å². The van der Waals surface area contributed by atoms with E-state index in [1.165, 1.54) is 6.42 Å². The maximum Gasteiger partial charge on any atom is 0.259 e. The van der Waals surface area contributed by atoms with Crippen molar-refractivity contribution in [3.05, 3.63) is 34.6 Å². The van der Waals surface area contributed by atoms with Gasteiger partial charge in [0.05, 0.1) is 29.3 Å². The Kier molecular flexibility index (Phi) is 4.24. The van der Waals surface area contributed by atoms with E-state index in [1.807, 2.05) is 25.1 Å². The number of ether oxygens (including phenoxy) is 1. The van der Waals surface area contributed by atoms with Crippen LogP contribution in [0.4, 0.5) is 0 Å². The van der Waals surface area contributed by atoms with Crippen molar-refractivity contribution in [1.82, 2.24) is 10.1 Å². The molecule has 1 fully saturated rings. The largest absolute Gasteiger partial charge is 0.376 e. The molecule has 5 nitrogen and oxygen atoms in total. The number of aryl methyl sites for hydroxylation is 1. The molecule has 0 radical (unpaired) electrons. The number of hydrogen-bond acceptors (Lipinski definition) is 5. The second-order valence-corrected chi connectivity index (χ2v) is 5.84. The summed E-state index contributed by atoms with van der Waals surface area (Å²) in [6.07, 6.45) is 3.80. The number of hydrogen-bond donors (Lipinski definition) is 1. The Morgan fingerprint density at radius 2 is 2.29 bits per heavy atom. The zero-order valence-electron chi connectivity index (χ0n) is 11.9. The van der Waals surface area contributed by atoms with E-state index in [-0.39, 0.29) is 6.04 Å². The molecule has 6 heteroatoms. The molecule has 0 bridgehead atoms. The summed E-state index contributed by atoms with van der Waals surface area (Å²) in [4.78, 5) is 4.33. The zero-order valence-corrected chi connectivity index (χ0v) is 12.6. The fourth-order valence-electron chi connectivity index (χ4n) is 2.14. The first-order valence-corrected chi connectivity index (χ1v) is 7.48. The van der Waals surface area contributed by atoms with E-state index in [4.69, 9.17) is 26.6 Å². The quantitative estimate of drug-likeness (QED) is 0.917. The number of rotatable bonds is 5. The number of nitrogens with two attached hydrogens (primary N) is 1. The highest BCUT2D eigenvalue weighted by molar-refractivity contribution is 6.33. The van der Waals surface area contributed by atoms with Crippen LogP contribution in [0.1, 0.15) is 36.7 Å². The average Bonchev–Trinajstić information content (AvgIpc) is 2.86. The number of benzene rings is 1. The van der Waals surface area contributed by atoms with Gasteiger partial charge in [-0.25, -0.2) is 0 Å². The van der Waals surface area contributed by atoms with Crippen LogP contribution < -0.4 is 5.73 Å². The average molecular weight is 308 g/mol. The van der Waals surface area contributed by atoms with Crippen LogP contribution in [0.5, 0.6) is 0 Å². The van der Waals surface area contributed by atoms with E-state index < -0.39 is 0 Å². The van der Waals surface area contributed by atoms with E-state index in [9.17, 15) is 0 Å². The summed E-state index contributed by atoms with van der Waals surface area (Å²) < 4.78 is 10.9. The summed E-state index contributed by atoms with van der Waals surface area (Å²) in [7, 11) is 0. The predicted molar refractivity (Wildman–Crippen MR) is 80.0 cm³/mol. The Bertz CT molecular complexity index is 625. The minimum Gasteiger partial charge on any atom is -0.376 e. The Balaban J connectivity index is 1.69. The molecule has 0 amide bonds. The molecule has 112 valence electrons. The predicted octanol–water partition coefficient (Wildman–Crippen LogP) is 3.27. The molecule has 2 N–H and O–H groups in total. The van der Waals surface area contributed by atoms with Crippen molar-refractivity contribution in [3.63, 3.8) is 0 Å². The number of nitrogens with zero attached hydrogens (tertiary/aromatic N) is 2. The molecule has 21 heavy (non-hydrogen) atoms. The van der Waals surface area contributed by atoms with Gasteiger partial charge < -0.3 is 15.0 Å². The third kappa shape index (κ3) is 3.26. The Morgan fingerprint density at radius 1 is 1.48 bits per heavy atom. The van der Waals surface area contributed by atoms with E-state index in [1.54, 1.807) is 0 Å². The highest BCUT2D eigenvalue weighted by Gasteiger charge is 2.22. The molecule has 1 aliphatic carbocycles. The van der Waals surface area contributed by atoms with Crippen molar-refractivity contribution in [1.29, 1.82) is 0 Å². The monoisotopic (exact) mass is 307 g/mol. The fraction of sp³-hybridized carbons (Fsp3) is 0.467. The topological polar surface area (TPSA) is 74.2 Å². The van der Waals surface area contributed by atoms with Crippen molar-refractivity contribution in [2.75, 3.05) is 6.61 Å². The van der Waals surface area contributed by atoms with Crippen LogP contribution in [-0.2, 0) is 4.74 Å². The van der Waals surface area contributed by atoms with Crippen LogP contribution in [0.25, 0.3) is 11.5 Å². The van der Waals surface area contributed by atoms with Gasteiger partial charge in [-0.3, -0.25) is 0 Å². The molecule has 3 rings (SSSR count). The number of aromatic nitrogens is 2. The van der Waals surface area contributed by atoms with Crippen molar-refractivity contribution >= 4 is 11.6 Å². The standard InChI is InChI=1S/C15H18ClN3O2/c1-9-5-6-11(12(16)7-9)15-18-14(19-21-15)13(17)8-20-10-3-2-4-10/h5-7,10,13H,2-4,8,17H2,1H3. The summed E-state index contributed by atoms with van der Waals surface area (Å²) >= 11 is 6.20. The SMILES string of the molecule is Cc1ccc(-c2nc(C(N)COC3CCC3)no2)c(Cl)c1. The lowest BCUT2D eigenvalue weighted by Gasteiger charge is -2.26. The summed E-state index contributed by atoms with van der Waals surface area (Å²) in [5.41, 5.74) is 7.83. The smallest absolute Gasteiger partial charge is 0.259 e. The molecule has 1 unspecified atom stereocenters. The van der Waals surface area contributed by atoms with Crippen LogP contribution in [-0.4, -0.2) is 22.9 Å². The van der Waals surface area contributed by atoms with Gasteiger partial charge >= 0.3 is 0 Å². The molecule has 2 aromatic rings. The molecule has 1 aromatic carbocycles. The molecule has 1 saturated carbocycles. The first kappa shape index (κ1) is 14.5. The van der Waals surface area contributed by atoms with Gasteiger partial charge in [-0.2, -0.15) is 4.98 Å². The van der Waals surface area contributed by atoms with Gasteiger partial charge in [-0.05, 0) is 43.9 Å². The van der Waals surface area contributed by atoms with E-state index in [0.29, 0.717) is 35.0 Å². The Morgan fingerprint density at radius 3 is 2.95 bits per heavy atom. The molecule has 1 atom stereocenters. The maximum absolute atomic E-state index is 6.20. The molecular formula is C15H18ClN3O2.